The molecule has 1 aromatic heterocycles. The maximum Gasteiger partial charge on any atom is 0.261 e. The summed E-state index contributed by atoms with van der Waals surface area (Å²) in [6.07, 6.45) is 1.81. The highest BCUT2D eigenvalue weighted by Gasteiger charge is 2.10. The molecule has 1 heterocycles. The normalized spacial score (nSPS) is 10.6. The zero-order valence-corrected chi connectivity index (χ0v) is 13.7. The average molecular weight is 343 g/mol. The second-order valence-corrected chi connectivity index (χ2v) is 6.53. The molecule has 0 saturated heterocycles. The molecule has 0 saturated carbocycles. The molecular formula is C15H16Cl2N2OS. The van der Waals surface area contributed by atoms with Crippen molar-refractivity contribution in [2.75, 3.05) is 13.1 Å². The van der Waals surface area contributed by atoms with Crippen molar-refractivity contribution in [1.82, 2.24) is 5.32 Å². The molecule has 3 nitrogen and oxygen atoms in total. The lowest BCUT2D eigenvalue weighted by molar-refractivity contribution is 0.0957. The molecule has 0 bridgehead atoms. The minimum atomic E-state index is -0.0589. The van der Waals surface area contributed by atoms with E-state index in [0.717, 1.165) is 23.3 Å². The van der Waals surface area contributed by atoms with Gasteiger partial charge in [-0.05, 0) is 55.3 Å². The summed E-state index contributed by atoms with van der Waals surface area (Å²) in [7, 11) is 0. The number of rotatable bonds is 6. The second kappa shape index (κ2) is 7.80. The second-order valence-electron chi connectivity index (χ2n) is 4.57. The lowest BCUT2D eigenvalue weighted by atomic mass is 10.2. The van der Waals surface area contributed by atoms with Crippen LogP contribution in [0.15, 0.2) is 30.3 Å². The standard InChI is InChI=1S/C15H16Cl2N2OS/c16-11-7-10(8-12(17)9-11)13-3-4-14(21-13)15(20)19-6-2-1-5-18/h3-4,7-9H,1-2,5-6,18H2,(H,19,20). The first-order valence-corrected chi connectivity index (χ1v) is 8.22. The Labute approximate surface area is 138 Å². The van der Waals surface area contributed by atoms with E-state index in [1.54, 1.807) is 6.07 Å². The molecular weight excluding hydrogens is 327 g/mol. The molecule has 2 rings (SSSR count). The molecule has 0 fully saturated rings. The van der Waals surface area contributed by atoms with Gasteiger partial charge in [-0.2, -0.15) is 0 Å². The van der Waals surface area contributed by atoms with Gasteiger partial charge in [0.2, 0.25) is 0 Å². The number of halogens is 2. The molecule has 112 valence electrons. The number of amides is 1. The molecule has 1 aromatic carbocycles. The summed E-state index contributed by atoms with van der Waals surface area (Å²) in [5, 5.41) is 4.05. The molecule has 0 atom stereocenters. The van der Waals surface area contributed by atoms with Crippen LogP contribution in [0.3, 0.4) is 0 Å². The smallest absolute Gasteiger partial charge is 0.261 e. The fourth-order valence-electron chi connectivity index (χ4n) is 1.87. The number of benzene rings is 1. The van der Waals surface area contributed by atoms with Crippen molar-refractivity contribution in [2.24, 2.45) is 5.73 Å². The van der Waals surface area contributed by atoms with Crippen LogP contribution in [0, 0.1) is 0 Å². The monoisotopic (exact) mass is 342 g/mol. The van der Waals surface area contributed by atoms with Crippen LogP contribution in [-0.4, -0.2) is 19.0 Å². The summed E-state index contributed by atoms with van der Waals surface area (Å²) in [5.41, 5.74) is 6.33. The lowest BCUT2D eigenvalue weighted by Crippen LogP contribution is -2.23. The number of hydrogen-bond donors (Lipinski definition) is 2. The molecule has 3 N–H and O–H groups in total. The third kappa shape index (κ3) is 4.71. The van der Waals surface area contributed by atoms with Gasteiger partial charge in [0.1, 0.15) is 0 Å². The van der Waals surface area contributed by atoms with Crippen molar-refractivity contribution >= 4 is 40.4 Å². The van der Waals surface area contributed by atoms with Gasteiger partial charge in [0, 0.05) is 21.5 Å². The SMILES string of the molecule is NCCCCNC(=O)c1ccc(-c2cc(Cl)cc(Cl)c2)s1. The molecule has 2 aromatic rings. The van der Waals surface area contributed by atoms with Crippen LogP contribution in [0.5, 0.6) is 0 Å². The van der Waals surface area contributed by atoms with Gasteiger partial charge in [-0.15, -0.1) is 11.3 Å². The summed E-state index contributed by atoms with van der Waals surface area (Å²) in [5.74, 6) is -0.0589. The predicted molar refractivity (Wildman–Crippen MR) is 90.4 cm³/mol. The molecule has 0 radical (unpaired) electrons. The van der Waals surface area contributed by atoms with E-state index in [-0.39, 0.29) is 5.91 Å². The van der Waals surface area contributed by atoms with Crippen LogP contribution in [0.2, 0.25) is 10.0 Å². The molecule has 0 unspecified atom stereocenters. The Balaban J connectivity index is 2.05. The number of unbranched alkanes of at least 4 members (excludes halogenated alkanes) is 1. The van der Waals surface area contributed by atoms with Crippen LogP contribution >= 0.6 is 34.5 Å². The molecule has 0 aliphatic carbocycles. The first-order valence-electron chi connectivity index (χ1n) is 6.64. The number of carbonyl (C=O) groups excluding carboxylic acids is 1. The van der Waals surface area contributed by atoms with E-state index in [4.69, 9.17) is 28.9 Å². The van der Waals surface area contributed by atoms with Gasteiger partial charge in [0.15, 0.2) is 0 Å². The molecule has 0 spiro atoms. The van der Waals surface area contributed by atoms with E-state index < -0.39 is 0 Å². The Morgan fingerprint density at radius 1 is 1.14 bits per heavy atom. The largest absolute Gasteiger partial charge is 0.351 e. The maximum absolute atomic E-state index is 12.0. The van der Waals surface area contributed by atoms with Gasteiger partial charge < -0.3 is 11.1 Å². The Morgan fingerprint density at radius 2 is 1.86 bits per heavy atom. The number of nitrogens with one attached hydrogen (secondary N) is 1. The molecule has 0 aliphatic heterocycles. The van der Waals surface area contributed by atoms with Crippen LogP contribution in [-0.2, 0) is 0 Å². The van der Waals surface area contributed by atoms with E-state index >= 15 is 0 Å². The van der Waals surface area contributed by atoms with E-state index in [9.17, 15) is 4.79 Å². The molecule has 6 heteroatoms. The van der Waals surface area contributed by atoms with E-state index in [0.29, 0.717) is 28.0 Å². The predicted octanol–water partition coefficient (Wildman–Crippen LogP) is 4.19. The molecule has 0 aliphatic rings. The minimum absolute atomic E-state index is 0.0589. The summed E-state index contributed by atoms with van der Waals surface area (Å²) in [4.78, 5) is 13.6. The first-order chi connectivity index (χ1) is 10.1. The van der Waals surface area contributed by atoms with Gasteiger partial charge in [0.25, 0.3) is 5.91 Å². The zero-order chi connectivity index (χ0) is 15.2. The van der Waals surface area contributed by atoms with E-state index in [2.05, 4.69) is 5.32 Å². The summed E-state index contributed by atoms with van der Waals surface area (Å²) in [6.45, 7) is 1.29. The molecule has 21 heavy (non-hydrogen) atoms. The zero-order valence-electron chi connectivity index (χ0n) is 11.4. The van der Waals surface area contributed by atoms with E-state index in [1.165, 1.54) is 11.3 Å². The van der Waals surface area contributed by atoms with Crippen LogP contribution < -0.4 is 11.1 Å². The van der Waals surface area contributed by atoms with Gasteiger partial charge in [-0.3, -0.25) is 4.79 Å². The Morgan fingerprint density at radius 3 is 2.52 bits per heavy atom. The Bertz CT molecular complexity index is 608. The molecule has 1 amide bonds. The van der Waals surface area contributed by atoms with Crippen LogP contribution in [0.25, 0.3) is 10.4 Å². The van der Waals surface area contributed by atoms with Gasteiger partial charge in [-0.25, -0.2) is 0 Å². The topological polar surface area (TPSA) is 55.1 Å². The average Bonchev–Trinajstić information content (AvgIpc) is 2.92. The van der Waals surface area contributed by atoms with Crippen molar-refractivity contribution in [3.05, 3.63) is 45.3 Å². The van der Waals surface area contributed by atoms with Crippen molar-refractivity contribution in [2.45, 2.75) is 12.8 Å². The van der Waals surface area contributed by atoms with Crippen LogP contribution in [0.1, 0.15) is 22.5 Å². The van der Waals surface area contributed by atoms with Gasteiger partial charge in [0.05, 0.1) is 4.88 Å². The van der Waals surface area contributed by atoms with Crippen molar-refractivity contribution in [3.63, 3.8) is 0 Å². The Hall–Kier alpha value is -1.07. The number of carbonyl (C=O) groups is 1. The fourth-order valence-corrected chi connectivity index (χ4v) is 3.31. The number of nitrogens with two attached hydrogens (primary N) is 1. The van der Waals surface area contributed by atoms with Crippen molar-refractivity contribution < 1.29 is 4.79 Å². The minimum Gasteiger partial charge on any atom is -0.351 e. The number of thiophene rings is 1. The summed E-state index contributed by atoms with van der Waals surface area (Å²) >= 11 is 13.4. The highest BCUT2D eigenvalue weighted by atomic mass is 35.5. The lowest BCUT2D eigenvalue weighted by Gasteiger charge is -2.02. The quantitative estimate of drug-likeness (QED) is 0.773. The first kappa shape index (κ1) is 16.3. The van der Waals surface area contributed by atoms with Crippen molar-refractivity contribution in [1.29, 1.82) is 0 Å². The third-order valence-corrected chi connectivity index (χ3v) is 4.46. The van der Waals surface area contributed by atoms with Crippen LogP contribution in [0.4, 0.5) is 0 Å². The highest BCUT2D eigenvalue weighted by molar-refractivity contribution is 7.17. The van der Waals surface area contributed by atoms with Crippen molar-refractivity contribution in [3.8, 4) is 10.4 Å². The fraction of sp³-hybridized carbons (Fsp3) is 0.267. The Kier molecular flexibility index (Phi) is 6.06. The van der Waals surface area contributed by atoms with Gasteiger partial charge in [-0.1, -0.05) is 23.2 Å². The summed E-state index contributed by atoms with van der Waals surface area (Å²) < 4.78 is 0. The van der Waals surface area contributed by atoms with E-state index in [1.807, 2.05) is 24.3 Å². The maximum atomic E-state index is 12.0. The highest BCUT2D eigenvalue weighted by Crippen LogP contribution is 2.32. The number of hydrogen-bond acceptors (Lipinski definition) is 3. The van der Waals surface area contributed by atoms with Gasteiger partial charge >= 0.3 is 0 Å². The summed E-state index contributed by atoms with van der Waals surface area (Å²) in [6, 6.07) is 9.07. The third-order valence-electron chi connectivity index (χ3n) is 2.89.